The van der Waals surface area contributed by atoms with Crippen molar-refractivity contribution in [2.75, 3.05) is 39.5 Å². The maximum absolute atomic E-state index is 11.5. The second-order valence-corrected chi connectivity index (χ2v) is 5.53. The van der Waals surface area contributed by atoms with Gasteiger partial charge in [-0.2, -0.15) is 5.26 Å². The van der Waals surface area contributed by atoms with E-state index in [-0.39, 0.29) is 0 Å². The summed E-state index contributed by atoms with van der Waals surface area (Å²) in [7, 11) is 0.522. The standard InChI is InChI=1S/C9H19N3O2S/c1-4-12(8-5-7-11(2)3)15(13,14)9-6-10/h4-5,7-9H2,1-3H3. The number of nitriles is 1. The van der Waals surface area contributed by atoms with Gasteiger partial charge < -0.3 is 4.90 Å². The Bertz CT molecular complexity index is 306. The summed E-state index contributed by atoms with van der Waals surface area (Å²) in [6, 6.07) is 1.68. The number of hydrogen-bond acceptors (Lipinski definition) is 4. The van der Waals surface area contributed by atoms with E-state index in [0.29, 0.717) is 13.1 Å². The molecule has 0 fully saturated rings. The van der Waals surface area contributed by atoms with Crippen LogP contribution in [0.1, 0.15) is 13.3 Å². The Kier molecular flexibility index (Phi) is 6.48. The molecule has 15 heavy (non-hydrogen) atoms. The lowest BCUT2D eigenvalue weighted by Gasteiger charge is -2.19. The molecule has 0 bridgehead atoms. The van der Waals surface area contributed by atoms with Crippen LogP contribution < -0.4 is 0 Å². The third-order valence-corrected chi connectivity index (χ3v) is 3.73. The summed E-state index contributed by atoms with van der Waals surface area (Å²) in [6.45, 7) is 3.54. The maximum atomic E-state index is 11.5. The Balaban J connectivity index is 4.20. The molecule has 0 spiro atoms. The first-order valence-corrected chi connectivity index (χ1v) is 6.54. The van der Waals surface area contributed by atoms with Crippen LogP contribution in [-0.2, 0) is 10.0 Å². The molecule has 0 amide bonds. The summed E-state index contributed by atoms with van der Waals surface area (Å²) in [5.41, 5.74) is 0. The van der Waals surface area contributed by atoms with Gasteiger partial charge in [0.1, 0.15) is 0 Å². The molecule has 0 aliphatic heterocycles. The molecule has 0 atom stereocenters. The van der Waals surface area contributed by atoms with Crippen LogP contribution in [0.3, 0.4) is 0 Å². The van der Waals surface area contributed by atoms with Gasteiger partial charge in [-0.1, -0.05) is 6.92 Å². The molecule has 6 heteroatoms. The van der Waals surface area contributed by atoms with E-state index in [2.05, 4.69) is 0 Å². The van der Waals surface area contributed by atoms with Gasteiger partial charge in [0, 0.05) is 13.1 Å². The summed E-state index contributed by atoms with van der Waals surface area (Å²) < 4.78 is 24.4. The van der Waals surface area contributed by atoms with E-state index in [1.165, 1.54) is 4.31 Å². The predicted octanol–water partition coefficient (Wildman–Crippen LogP) is 0.113. The second-order valence-electron chi connectivity index (χ2n) is 3.56. The third kappa shape index (κ3) is 5.72. The van der Waals surface area contributed by atoms with Crippen molar-refractivity contribution in [3.8, 4) is 6.07 Å². The van der Waals surface area contributed by atoms with Gasteiger partial charge in [-0.15, -0.1) is 0 Å². The number of hydrogen-bond donors (Lipinski definition) is 0. The van der Waals surface area contributed by atoms with Crippen molar-refractivity contribution in [1.82, 2.24) is 9.21 Å². The van der Waals surface area contributed by atoms with Crippen LogP contribution in [0.2, 0.25) is 0 Å². The van der Waals surface area contributed by atoms with Gasteiger partial charge >= 0.3 is 0 Å². The van der Waals surface area contributed by atoms with Crippen molar-refractivity contribution in [3.05, 3.63) is 0 Å². The lowest BCUT2D eigenvalue weighted by Crippen LogP contribution is -2.34. The molecule has 0 aromatic heterocycles. The molecule has 0 heterocycles. The molecule has 5 nitrogen and oxygen atoms in total. The summed E-state index contributed by atoms with van der Waals surface area (Å²) in [4.78, 5) is 2.00. The van der Waals surface area contributed by atoms with Crippen molar-refractivity contribution < 1.29 is 8.42 Å². The summed E-state index contributed by atoms with van der Waals surface area (Å²) in [5, 5.41) is 8.40. The smallest absolute Gasteiger partial charge is 0.227 e. The minimum Gasteiger partial charge on any atom is -0.309 e. The average Bonchev–Trinajstić information content (AvgIpc) is 2.11. The zero-order chi connectivity index (χ0) is 11.9. The number of sulfonamides is 1. The first kappa shape index (κ1) is 14.4. The molecule has 0 unspecified atom stereocenters. The first-order valence-electron chi connectivity index (χ1n) is 4.93. The fraction of sp³-hybridized carbons (Fsp3) is 0.889. The predicted molar refractivity (Wildman–Crippen MR) is 59.8 cm³/mol. The summed E-state index contributed by atoms with van der Waals surface area (Å²) >= 11 is 0. The van der Waals surface area contributed by atoms with E-state index in [1.54, 1.807) is 13.0 Å². The van der Waals surface area contributed by atoms with Gasteiger partial charge in [0.2, 0.25) is 10.0 Å². The second kappa shape index (κ2) is 6.77. The van der Waals surface area contributed by atoms with Gasteiger partial charge in [-0.3, -0.25) is 0 Å². The average molecular weight is 233 g/mol. The van der Waals surface area contributed by atoms with Crippen LogP contribution in [0.5, 0.6) is 0 Å². The maximum Gasteiger partial charge on any atom is 0.227 e. The Morgan fingerprint density at radius 3 is 2.27 bits per heavy atom. The SMILES string of the molecule is CCN(CCCN(C)C)S(=O)(=O)CC#N. The zero-order valence-corrected chi connectivity index (χ0v) is 10.4. The molecule has 0 saturated heterocycles. The van der Waals surface area contributed by atoms with Crippen molar-refractivity contribution in [2.24, 2.45) is 0 Å². The molecule has 0 aromatic rings. The van der Waals surface area contributed by atoms with Gasteiger partial charge in [-0.25, -0.2) is 12.7 Å². The minimum absolute atomic E-state index is 0.428. The van der Waals surface area contributed by atoms with Crippen molar-refractivity contribution in [2.45, 2.75) is 13.3 Å². The fourth-order valence-corrected chi connectivity index (χ4v) is 2.38. The Morgan fingerprint density at radius 2 is 1.87 bits per heavy atom. The van der Waals surface area contributed by atoms with Gasteiger partial charge in [0.05, 0.1) is 6.07 Å². The molecule has 0 N–H and O–H groups in total. The van der Waals surface area contributed by atoms with Gasteiger partial charge in [-0.05, 0) is 27.1 Å². The highest BCUT2D eigenvalue weighted by molar-refractivity contribution is 7.89. The number of nitrogens with zero attached hydrogens (tertiary/aromatic N) is 3. The van der Waals surface area contributed by atoms with Crippen molar-refractivity contribution >= 4 is 10.0 Å². The van der Waals surface area contributed by atoms with E-state index >= 15 is 0 Å². The summed E-state index contributed by atoms with van der Waals surface area (Å²) in [6.07, 6.45) is 0.783. The highest BCUT2D eigenvalue weighted by atomic mass is 32.2. The van der Waals surface area contributed by atoms with Crippen LogP contribution in [0.4, 0.5) is 0 Å². The molecular weight excluding hydrogens is 214 g/mol. The molecule has 88 valence electrons. The highest BCUT2D eigenvalue weighted by Gasteiger charge is 2.19. The van der Waals surface area contributed by atoms with E-state index in [4.69, 9.17) is 5.26 Å². The first-order chi connectivity index (χ1) is 6.94. The lowest BCUT2D eigenvalue weighted by atomic mass is 10.4. The monoisotopic (exact) mass is 233 g/mol. The fourth-order valence-electron chi connectivity index (χ4n) is 1.23. The molecule has 0 aromatic carbocycles. The van der Waals surface area contributed by atoms with E-state index in [9.17, 15) is 8.42 Å². The van der Waals surface area contributed by atoms with Gasteiger partial charge in [0.15, 0.2) is 5.75 Å². The van der Waals surface area contributed by atoms with E-state index in [1.807, 2.05) is 19.0 Å². The van der Waals surface area contributed by atoms with Crippen LogP contribution >= 0.6 is 0 Å². The Morgan fingerprint density at radius 1 is 1.27 bits per heavy atom. The van der Waals surface area contributed by atoms with Crippen molar-refractivity contribution in [1.29, 1.82) is 5.26 Å². The number of rotatable bonds is 7. The van der Waals surface area contributed by atoms with Crippen LogP contribution in [-0.4, -0.2) is 57.1 Å². The highest BCUT2D eigenvalue weighted by Crippen LogP contribution is 2.02. The van der Waals surface area contributed by atoms with Crippen molar-refractivity contribution in [3.63, 3.8) is 0 Å². The van der Waals surface area contributed by atoms with E-state index < -0.39 is 15.8 Å². The topological polar surface area (TPSA) is 64.4 Å². The zero-order valence-electron chi connectivity index (χ0n) is 9.60. The van der Waals surface area contributed by atoms with Crippen LogP contribution in [0, 0.1) is 11.3 Å². The molecule has 0 rings (SSSR count). The molecular formula is C9H19N3O2S. The quantitative estimate of drug-likeness (QED) is 0.626. The van der Waals surface area contributed by atoms with Gasteiger partial charge in [0.25, 0.3) is 0 Å². The normalized spacial score (nSPS) is 12.0. The van der Waals surface area contributed by atoms with Crippen LogP contribution in [0.15, 0.2) is 0 Å². The Hall–Kier alpha value is -0.640. The minimum atomic E-state index is -3.37. The summed E-state index contributed by atoms with van der Waals surface area (Å²) in [5.74, 6) is -0.428. The third-order valence-electron chi connectivity index (χ3n) is 2.01. The molecule has 0 aliphatic carbocycles. The molecule has 0 radical (unpaired) electrons. The largest absolute Gasteiger partial charge is 0.309 e. The van der Waals surface area contributed by atoms with Crippen LogP contribution in [0.25, 0.3) is 0 Å². The molecule has 0 aliphatic rings. The van der Waals surface area contributed by atoms with E-state index in [0.717, 1.165) is 13.0 Å². The Labute approximate surface area is 92.3 Å². The molecule has 0 saturated carbocycles. The lowest BCUT2D eigenvalue weighted by molar-refractivity contribution is 0.357.